The number of nitrogens with one attached hydrogen (secondary N) is 1. The Morgan fingerprint density at radius 3 is 2.43 bits per heavy atom. The third kappa shape index (κ3) is 4.27. The van der Waals surface area contributed by atoms with Crippen molar-refractivity contribution >= 4 is 11.9 Å². The molecule has 148 valence electrons. The van der Waals surface area contributed by atoms with E-state index in [2.05, 4.69) is 10.1 Å². The number of carbonyl (C=O) groups is 2. The molecule has 0 saturated carbocycles. The normalized spacial score (nSPS) is 19.2. The van der Waals surface area contributed by atoms with Crippen molar-refractivity contribution in [3.63, 3.8) is 0 Å². The van der Waals surface area contributed by atoms with Gasteiger partial charge in [0.05, 0.1) is 6.54 Å². The monoisotopic (exact) mass is 392 g/mol. The molecule has 0 spiro atoms. The number of alkyl halides is 2. The number of ether oxygens (including phenoxy) is 1. The molecule has 2 aromatic rings. The van der Waals surface area contributed by atoms with Crippen molar-refractivity contribution in [1.29, 1.82) is 0 Å². The van der Waals surface area contributed by atoms with Crippen LogP contribution in [0.15, 0.2) is 48.5 Å². The number of rotatable bonds is 7. The summed E-state index contributed by atoms with van der Waals surface area (Å²) in [7, 11) is 0. The molecular formula is C20H19F3N2O3. The van der Waals surface area contributed by atoms with Crippen molar-refractivity contribution in [3.05, 3.63) is 65.5 Å². The molecule has 3 rings (SSSR count). The molecule has 1 aliphatic rings. The molecule has 0 bridgehead atoms. The van der Waals surface area contributed by atoms with Gasteiger partial charge in [0.25, 0.3) is 5.91 Å². The summed E-state index contributed by atoms with van der Waals surface area (Å²) in [6.07, 6.45) is 0.741. The van der Waals surface area contributed by atoms with E-state index in [1.165, 1.54) is 30.3 Å². The Bertz CT molecular complexity index is 873. The summed E-state index contributed by atoms with van der Waals surface area (Å²) >= 11 is 0. The van der Waals surface area contributed by atoms with Gasteiger partial charge in [0.15, 0.2) is 0 Å². The van der Waals surface area contributed by atoms with E-state index < -0.39 is 29.9 Å². The van der Waals surface area contributed by atoms with Gasteiger partial charge in [-0.25, -0.2) is 9.18 Å². The molecule has 1 unspecified atom stereocenters. The SMILES string of the molecule is CC1(CCc2ccc(OC(F)F)cc2)NC(=O)N(Cc2ccccc2F)C1=O. The molecule has 5 nitrogen and oxygen atoms in total. The highest BCUT2D eigenvalue weighted by Crippen LogP contribution is 2.26. The second-order valence-electron chi connectivity index (χ2n) is 6.77. The lowest BCUT2D eigenvalue weighted by Gasteiger charge is -2.22. The standard InChI is InChI=1S/C20H19F3N2O3/c1-20(11-10-13-6-8-15(9-7-13)28-18(22)23)17(26)25(19(27)24-20)12-14-4-2-3-5-16(14)21/h2-9,18H,10-12H2,1H3,(H,24,27). The Labute approximate surface area is 160 Å². The Morgan fingerprint density at radius 1 is 1.11 bits per heavy atom. The Kier molecular flexibility index (Phi) is 5.58. The van der Waals surface area contributed by atoms with E-state index in [1.807, 2.05) is 0 Å². The first-order chi connectivity index (χ1) is 13.3. The maximum absolute atomic E-state index is 13.8. The molecule has 2 aromatic carbocycles. The first-order valence-electron chi connectivity index (χ1n) is 8.70. The summed E-state index contributed by atoms with van der Waals surface area (Å²) in [6.45, 7) is -1.42. The van der Waals surface area contributed by atoms with E-state index in [1.54, 1.807) is 25.1 Å². The fourth-order valence-corrected chi connectivity index (χ4v) is 3.09. The lowest BCUT2D eigenvalue weighted by Crippen LogP contribution is -2.44. The highest BCUT2D eigenvalue weighted by atomic mass is 19.3. The molecule has 1 aliphatic heterocycles. The molecule has 1 atom stereocenters. The molecule has 28 heavy (non-hydrogen) atoms. The Hall–Kier alpha value is -3.03. The van der Waals surface area contributed by atoms with E-state index in [9.17, 15) is 22.8 Å². The third-order valence-electron chi connectivity index (χ3n) is 4.69. The number of hydrogen-bond donors (Lipinski definition) is 1. The molecule has 8 heteroatoms. The predicted molar refractivity (Wildman–Crippen MR) is 95.3 cm³/mol. The van der Waals surface area contributed by atoms with E-state index in [0.29, 0.717) is 12.8 Å². The number of urea groups is 1. The quantitative estimate of drug-likeness (QED) is 0.728. The molecular weight excluding hydrogens is 373 g/mol. The van der Waals surface area contributed by atoms with Gasteiger partial charge >= 0.3 is 12.6 Å². The number of aryl methyl sites for hydroxylation is 1. The predicted octanol–water partition coefficient (Wildman–Crippen LogP) is 3.87. The molecule has 0 radical (unpaired) electrons. The van der Waals surface area contributed by atoms with Gasteiger partial charge in [-0.15, -0.1) is 0 Å². The van der Waals surface area contributed by atoms with Crippen LogP contribution in [0.5, 0.6) is 5.75 Å². The average Bonchev–Trinajstić information content (AvgIpc) is 2.86. The van der Waals surface area contributed by atoms with Gasteiger partial charge in [0.2, 0.25) is 0 Å². The molecule has 1 heterocycles. The highest BCUT2D eigenvalue weighted by molar-refractivity contribution is 6.06. The third-order valence-corrected chi connectivity index (χ3v) is 4.69. The van der Waals surface area contributed by atoms with Crippen LogP contribution in [-0.4, -0.2) is 29.0 Å². The van der Waals surface area contributed by atoms with Gasteiger partial charge in [-0.3, -0.25) is 9.69 Å². The maximum Gasteiger partial charge on any atom is 0.387 e. The average molecular weight is 392 g/mol. The van der Waals surface area contributed by atoms with Gasteiger partial charge < -0.3 is 10.1 Å². The second kappa shape index (κ2) is 7.92. The van der Waals surface area contributed by atoms with Crippen LogP contribution >= 0.6 is 0 Å². The van der Waals surface area contributed by atoms with Crippen LogP contribution in [0.2, 0.25) is 0 Å². The minimum absolute atomic E-state index is 0.0475. The minimum Gasteiger partial charge on any atom is -0.435 e. The molecule has 1 saturated heterocycles. The fraction of sp³-hybridized carbons (Fsp3) is 0.300. The van der Waals surface area contributed by atoms with Crippen molar-refractivity contribution in [1.82, 2.24) is 10.2 Å². The van der Waals surface area contributed by atoms with E-state index in [-0.39, 0.29) is 17.9 Å². The molecule has 3 amide bonds. The van der Waals surface area contributed by atoms with Gasteiger partial charge in [0, 0.05) is 5.56 Å². The Balaban J connectivity index is 1.65. The number of amides is 3. The molecule has 0 aromatic heterocycles. The number of carbonyl (C=O) groups excluding carboxylic acids is 2. The van der Waals surface area contributed by atoms with Gasteiger partial charge in [-0.2, -0.15) is 8.78 Å². The lowest BCUT2D eigenvalue weighted by atomic mass is 9.93. The van der Waals surface area contributed by atoms with Crippen molar-refractivity contribution in [2.45, 2.75) is 38.5 Å². The van der Waals surface area contributed by atoms with E-state index in [4.69, 9.17) is 0 Å². The van der Waals surface area contributed by atoms with E-state index in [0.717, 1.165) is 10.5 Å². The summed E-state index contributed by atoms with van der Waals surface area (Å²) in [4.78, 5) is 26.0. The zero-order valence-corrected chi connectivity index (χ0v) is 15.1. The van der Waals surface area contributed by atoms with Gasteiger partial charge in [-0.05, 0) is 43.5 Å². The molecule has 0 aliphatic carbocycles. The second-order valence-corrected chi connectivity index (χ2v) is 6.77. The van der Waals surface area contributed by atoms with E-state index >= 15 is 0 Å². The zero-order valence-electron chi connectivity index (χ0n) is 15.1. The summed E-state index contributed by atoms with van der Waals surface area (Å²) in [5.41, 5.74) is -0.0668. The van der Waals surface area contributed by atoms with Crippen LogP contribution in [0.3, 0.4) is 0 Å². The van der Waals surface area contributed by atoms with Gasteiger partial charge in [-0.1, -0.05) is 30.3 Å². The van der Waals surface area contributed by atoms with Crippen LogP contribution in [0.25, 0.3) is 0 Å². The van der Waals surface area contributed by atoms with Crippen LogP contribution in [0, 0.1) is 5.82 Å². The smallest absolute Gasteiger partial charge is 0.387 e. The van der Waals surface area contributed by atoms with Crippen molar-refractivity contribution in [2.24, 2.45) is 0 Å². The highest BCUT2D eigenvalue weighted by Gasteiger charge is 2.47. The summed E-state index contributed by atoms with van der Waals surface area (Å²) < 4.78 is 42.5. The summed E-state index contributed by atoms with van der Waals surface area (Å²) in [6, 6.07) is 11.5. The number of imide groups is 1. The number of nitrogens with zero attached hydrogens (tertiary/aromatic N) is 1. The van der Waals surface area contributed by atoms with Crippen molar-refractivity contribution in [3.8, 4) is 5.75 Å². The summed E-state index contributed by atoms with van der Waals surface area (Å²) in [5, 5.41) is 2.67. The summed E-state index contributed by atoms with van der Waals surface area (Å²) in [5.74, 6) is -0.868. The Morgan fingerprint density at radius 2 is 1.79 bits per heavy atom. The first-order valence-corrected chi connectivity index (χ1v) is 8.70. The van der Waals surface area contributed by atoms with Crippen molar-refractivity contribution < 1.29 is 27.5 Å². The largest absolute Gasteiger partial charge is 0.435 e. The van der Waals surface area contributed by atoms with Crippen LogP contribution in [0.1, 0.15) is 24.5 Å². The molecule has 1 fully saturated rings. The number of benzene rings is 2. The minimum atomic E-state index is -2.89. The van der Waals surface area contributed by atoms with Crippen LogP contribution < -0.4 is 10.1 Å². The zero-order chi connectivity index (χ0) is 20.3. The number of hydrogen-bond acceptors (Lipinski definition) is 3. The van der Waals surface area contributed by atoms with Gasteiger partial charge in [0.1, 0.15) is 17.1 Å². The fourth-order valence-electron chi connectivity index (χ4n) is 3.09. The van der Waals surface area contributed by atoms with Crippen LogP contribution in [-0.2, 0) is 17.8 Å². The molecule has 1 N–H and O–H groups in total. The van der Waals surface area contributed by atoms with Crippen molar-refractivity contribution in [2.75, 3.05) is 0 Å². The number of halogens is 3. The maximum atomic E-state index is 13.8. The topological polar surface area (TPSA) is 58.6 Å². The first kappa shape index (κ1) is 19.7. The van der Waals surface area contributed by atoms with Crippen LogP contribution in [0.4, 0.5) is 18.0 Å². The lowest BCUT2D eigenvalue weighted by molar-refractivity contribution is -0.131.